The highest BCUT2D eigenvalue weighted by molar-refractivity contribution is 7.89. The third-order valence-corrected chi connectivity index (χ3v) is 5.63. The Labute approximate surface area is 133 Å². The van der Waals surface area contributed by atoms with Crippen LogP contribution in [-0.4, -0.2) is 57.7 Å². The van der Waals surface area contributed by atoms with E-state index < -0.39 is 45.1 Å². The average Bonchev–Trinajstić information content (AvgIpc) is 2.87. The van der Waals surface area contributed by atoms with Gasteiger partial charge in [-0.05, 0) is 18.2 Å². The van der Waals surface area contributed by atoms with Crippen molar-refractivity contribution in [1.82, 2.24) is 9.62 Å². The highest BCUT2D eigenvalue weighted by Crippen LogP contribution is 2.18. The first-order chi connectivity index (χ1) is 10.7. The number of amides is 1. The van der Waals surface area contributed by atoms with Crippen LogP contribution in [0.1, 0.15) is 10.4 Å². The number of halogens is 2. The van der Waals surface area contributed by atoms with Crippen LogP contribution < -0.4 is 5.32 Å². The van der Waals surface area contributed by atoms with Crippen LogP contribution in [0.5, 0.6) is 0 Å². The molecule has 23 heavy (non-hydrogen) atoms. The Hall–Kier alpha value is -1.58. The predicted molar refractivity (Wildman–Crippen MR) is 79.4 cm³/mol. The van der Waals surface area contributed by atoms with Gasteiger partial charge in [0.05, 0.1) is 30.6 Å². The van der Waals surface area contributed by atoms with Gasteiger partial charge in [-0.25, -0.2) is 21.5 Å². The minimum absolute atomic E-state index is 0.121. The largest absolute Gasteiger partial charge is 0.379 e. The lowest BCUT2D eigenvalue weighted by Crippen LogP contribution is -2.43. The fraction of sp³-hybridized carbons (Fsp3) is 0.500. The van der Waals surface area contributed by atoms with Gasteiger partial charge >= 0.3 is 0 Å². The molecule has 1 heterocycles. The van der Waals surface area contributed by atoms with E-state index >= 15 is 0 Å². The van der Waals surface area contributed by atoms with E-state index in [1.54, 1.807) is 0 Å². The maximum Gasteiger partial charge on any atom is 0.254 e. The molecule has 1 aliphatic rings. The molecule has 128 valence electrons. The molecule has 1 aliphatic heterocycles. The first kappa shape index (κ1) is 17.8. The van der Waals surface area contributed by atoms with E-state index in [2.05, 4.69) is 5.32 Å². The second-order valence-corrected chi connectivity index (χ2v) is 7.79. The zero-order valence-corrected chi connectivity index (χ0v) is 13.6. The second kappa shape index (κ2) is 6.90. The molecule has 0 unspecified atom stereocenters. The summed E-state index contributed by atoms with van der Waals surface area (Å²) >= 11 is 0. The lowest BCUT2D eigenvalue weighted by molar-refractivity contribution is 0.0921. The number of nitrogens with one attached hydrogen (secondary N) is 1. The predicted octanol–water partition coefficient (Wildman–Crippen LogP) is 0.601. The zero-order chi connectivity index (χ0) is 17.2. The molecule has 0 spiro atoms. The van der Waals surface area contributed by atoms with Crippen molar-refractivity contribution < 1.29 is 26.7 Å². The molecule has 1 aromatic carbocycles. The summed E-state index contributed by atoms with van der Waals surface area (Å²) in [7, 11) is -0.627. The molecule has 0 saturated carbocycles. The number of hydrogen-bond acceptors (Lipinski definition) is 4. The molecular formula is C14H18F2N2O4S. The van der Waals surface area contributed by atoms with Gasteiger partial charge in [-0.15, -0.1) is 0 Å². The first-order valence-corrected chi connectivity index (χ1v) is 8.55. The summed E-state index contributed by atoms with van der Waals surface area (Å²) in [4.78, 5) is 12.1. The lowest BCUT2D eigenvalue weighted by atomic mass is 10.1. The molecule has 2 rings (SSSR count). The van der Waals surface area contributed by atoms with Crippen LogP contribution in [0.15, 0.2) is 18.2 Å². The minimum Gasteiger partial charge on any atom is -0.379 e. The summed E-state index contributed by atoms with van der Waals surface area (Å²) in [6.07, 6.45) is 0. The Morgan fingerprint density at radius 3 is 2.70 bits per heavy atom. The number of carbonyl (C=O) groups excluding carboxylic acids is 1. The van der Waals surface area contributed by atoms with Crippen molar-refractivity contribution in [3.05, 3.63) is 35.4 Å². The van der Waals surface area contributed by atoms with Gasteiger partial charge in [0.25, 0.3) is 5.91 Å². The second-order valence-electron chi connectivity index (χ2n) is 5.56. The summed E-state index contributed by atoms with van der Waals surface area (Å²) in [5.41, 5.74) is -0.425. The fourth-order valence-electron chi connectivity index (χ4n) is 2.26. The summed E-state index contributed by atoms with van der Waals surface area (Å²) in [5, 5.41) is 2.52. The Kier molecular flexibility index (Phi) is 5.33. The topological polar surface area (TPSA) is 75.7 Å². The summed E-state index contributed by atoms with van der Waals surface area (Å²) in [5.74, 6) is -3.03. The summed E-state index contributed by atoms with van der Waals surface area (Å²) in [6, 6.07) is 1.99. The van der Waals surface area contributed by atoms with Crippen molar-refractivity contribution in [2.24, 2.45) is 5.92 Å². The maximum atomic E-state index is 13.6. The molecule has 1 aromatic rings. The number of nitrogens with zero attached hydrogens (tertiary/aromatic N) is 1. The van der Waals surface area contributed by atoms with Gasteiger partial charge in [-0.2, -0.15) is 0 Å². The Morgan fingerprint density at radius 1 is 1.35 bits per heavy atom. The van der Waals surface area contributed by atoms with Crippen molar-refractivity contribution in [2.75, 3.05) is 33.1 Å². The standard InChI is InChI=1S/C14H18F2N2O4S/c1-18(2)23(20,21)8-9-6-22-7-13(9)17-14(19)11-5-10(15)3-4-12(11)16/h3-5,9,13H,6-8H2,1-2H3,(H,17,19)/t9-,13-/m0/s1. The quantitative estimate of drug-likeness (QED) is 0.846. The third-order valence-electron chi connectivity index (χ3n) is 3.67. The van der Waals surface area contributed by atoms with Crippen LogP contribution >= 0.6 is 0 Å². The highest BCUT2D eigenvalue weighted by atomic mass is 32.2. The monoisotopic (exact) mass is 348 g/mol. The minimum atomic E-state index is -3.46. The van der Waals surface area contributed by atoms with E-state index in [0.717, 1.165) is 22.5 Å². The van der Waals surface area contributed by atoms with Crippen molar-refractivity contribution in [1.29, 1.82) is 0 Å². The van der Waals surface area contributed by atoms with Gasteiger partial charge in [0.1, 0.15) is 11.6 Å². The number of carbonyl (C=O) groups is 1. The van der Waals surface area contributed by atoms with Crippen LogP contribution in [-0.2, 0) is 14.8 Å². The number of benzene rings is 1. The van der Waals surface area contributed by atoms with Crippen molar-refractivity contribution in [3.8, 4) is 0 Å². The van der Waals surface area contributed by atoms with Gasteiger partial charge in [0.2, 0.25) is 10.0 Å². The van der Waals surface area contributed by atoms with Crippen LogP contribution in [0.2, 0.25) is 0 Å². The van der Waals surface area contributed by atoms with Crippen LogP contribution in [0.25, 0.3) is 0 Å². The number of ether oxygens (including phenoxy) is 1. The van der Waals surface area contributed by atoms with E-state index in [0.29, 0.717) is 0 Å². The molecule has 1 N–H and O–H groups in total. The lowest BCUT2D eigenvalue weighted by Gasteiger charge is -2.21. The fourth-order valence-corrected chi connectivity index (χ4v) is 3.43. The van der Waals surface area contributed by atoms with Gasteiger partial charge in [-0.1, -0.05) is 0 Å². The van der Waals surface area contributed by atoms with Crippen LogP contribution in [0, 0.1) is 17.6 Å². The molecule has 0 aromatic heterocycles. The zero-order valence-electron chi connectivity index (χ0n) is 12.8. The molecule has 1 saturated heterocycles. The van der Waals surface area contributed by atoms with Crippen molar-refractivity contribution >= 4 is 15.9 Å². The van der Waals surface area contributed by atoms with Crippen molar-refractivity contribution in [2.45, 2.75) is 6.04 Å². The number of rotatable bonds is 5. The summed E-state index contributed by atoms with van der Waals surface area (Å²) in [6.45, 7) is 0.292. The SMILES string of the molecule is CN(C)S(=O)(=O)C[C@@H]1COC[C@@H]1NC(=O)c1cc(F)ccc1F. The van der Waals surface area contributed by atoms with E-state index in [4.69, 9.17) is 4.74 Å². The van der Waals surface area contributed by atoms with Crippen LogP contribution in [0.4, 0.5) is 8.78 Å². The summed E-state index contributed by atoms with van der Waals surface area (Å²) < 4.78 is 56.9. The molecule has 9 heteroatoms. The molecule has 1 fully saturated rings. The van der Waals surface area contributed by atoms with E-state index in [9.17, 15) is 22.0 Å². The third kappa shape index (κ3) is 4.24. The van der Waals surface area contributed by atoms with E-state index in [1.807, 2.05) is 0 Å². The van der Waals surface area contributed by atoms with Gasteiger partial charge in [0.15, 0.2) is 0 Å². The van der Waals surface area contributed by atoms with E-state index in [-0.39, 0.29) is 19.0 Å². The normalized spacial score (nSPS) is 21.6. The van der Waals surface area contributed by atoms with Gasteiger partial charge in [0, 0.05) is 20.0 Å². The molecule has 0 radical (unpaired) electrons. The Morgan fingerprint density at radius 2 is 2.04 bits per heavy atom. The van der Waals surface area contributed by atoms with Crippen molar-refractivity contribution in [3.63, 3.8) is 0 Å². The molecule has 6 nitrogen and oxygen atoms in total. The van der Waals surface area contributed by atoms with E-state index in [1.165, 1.54) is 14.1 Å². The van der Waals surface area contributed by atoms with Crippen LogP contribution in [0.3, 0.4) is 0 Å². The molecular weight excluding hydrogens is 330 g/mol. The molecule has 2 atom stereocenters. The van der Waals surface area contributed by atoms with Gasteiger partial charge in [-0.3, -0.25) is 4.79 Å². The molecule has 1 amide bonds. The average molecular weight is 348 g/mol. The van der Waals surface area contributed by atoms with Gasteiger partial charge < -0.3 is 10.1 Å². The first-order valence-electron chi connectivity index (χ1n) is 6.94. The Balaban J connectivity index is 2.09. The Bertz CT molecular complexity index is 694. The molecule has 0 bridgehead atoms. The maximum absolute atomic E-state index is 13.6. The molecule has 0 aliphatic carbocycles. The number of hydrogen-bond donors (Lipinski definition) is 1. The number of sulfonamides is 1. The highest BCUT2D eigenvalue weighted by Gasteiger charge is 2.34. The smallest absolute Gasteiger partial charge is 0.254 e.